The summed E-state index contributed by atoms with van der Waals surface area (Å²) in [6.07, 6.45) is 12.3. The lowest BCUT2D eigenvalue weighted by Crippen LogP contribution is -2.50. The minimum absolute atomic E-state index is 0.116. The Labute approximate surface area is 140 Å². The third kappa shape index (κ3) is 2.14. The SMILES string of the molecule is C[C@H](O)C1=CC[C@H]2[C@@H]3CC=C4C[C@H](O)CC[C@]4(C)[C@H]3CC[C@]12C. The van der Waals surface area contributed by atoms with Crippen molar-refractivity contribution in [2.45, 2.75) is 77.9 Å². The minimum Gasteiger partial charge on any atom is -0.393 e. The second-order valence-corrected chi connectivity index (χ2v) is 9.18. The van der Waals surface area contributed by atoms with E-state index < -0.39 is 0 Å². The Morgan fingerprint density at radius 3 is 2.52 bits per heavy atom. The molecule has 4 rings (SSSR count). The molecular weight excluding hydrogens is 284 g/mol. The van der Waals surface area contributed by atoms with Crippen LogP contribution in [0.2, 0.25) is 0 Å². The Morgan fingerprint density at radius 2 is 1.78 bits per heavy atom. The number of hydrogen-bond donors (Lipinski definition) is 2. The van der Waals surface area contributed by atoms with E-state index in [1.165, 1.54) is 24.8 Å². The molecule has 0 unspecified atom stereocenters. The molecule has 0 saturated heterocycles. The Kier molecular flexibility index (Phi) is 3.59. The van der Waals surface area contributed by atoms with Gasteiger partial charge in [-0.3, -0.25) is 0 Å². The van der Waals surface area contributed by atoms with Crippen LogP contribution in [0.5, 0.6) is 0 Å². The summed E-state index contributed by atoms with van der Waals surface area (Å²) in [5.74, 6) is 2.23. The fourth-order valence-electron chi connectivity index (χ4n) is 6.89. The molecule has 0 aromatic heterocycles. The van der Waals surface area contributed by atoms with Crippen LogP contribution in [0.25, 0.3) is 0 Å². The molecule has 2 N–H and O–H groups in total. The van der Waals surface area contributed by atoms with Crippen molar-refractivity contribution in [1.82, 2.24) is 0 Å². The van der Waals surface area contributed by atoms with Gasteiger partial charge in [-0.1, -0.05) is 31.6 Å². The summed E-state index contributed by atoms with van der Waals surface area (Å²) in [5, 5.41) is 20.3. The predicted octanol–water partition coefficient (Wildman–Crippen LogP) is 4.23. The Hall–Kier alpha value is -0.600. The molecule has 0 radical (unpaired) electrons. The maximum absolute atomic E-state index is 10.2. The zero-order chi connectivity index (χ0) is 16.4. The second-order valence-electron chi connectivity index (χ2n) is 9.18. The van der Waals surface area contributed by atoms with Crippen LogP contribution in [0.4, 0.5) is 0 Å². The molecule has 0 aromatic carbocycles. The van der Waals surface area contributed by atoms with Crippen LogP contribution in [-0.2, 0) is 0 Å². The molecule has 4 aliphatic carbocycles. The lowest BCUT2D eigenvalue weighted by atomic mass is 9.47. The number of aliphatic hydroxyl groups excluding tert-OH is 2. The Balaban J connectivity index is 1.66. The summed E-state index contributed by atoms with van der Waals surface area (Å²) < 4.78 is 0. The number of aliphatic hydroxyl groups is 2. The molecule has 7 atom stereocenters. The van der Waals surface area contributed by atoms with Crippen LogP contribution < -0.4 is 0 Å². The molecule has 0 amide bonds. The first-order valence-electron chi connectivity index (χ1n) is 9.62. The first-order chi connectivity index (χ1) is 10.9. The Morgan fingerprint density at radius 1 is 1.04 bits per heavy atom. The third-order valence-corrected chi connectivity index (χ3v) is 8.17. The molecule has 4 aliphatic rings. The molecule has 0 aromatic rings. The molecule has 0 aliphatic heterocycles. The van der Waals surface area contributed by atoms with E-state index in [4.69, 9.17) is 0 Å². The molecule has 0 heterocycles. The Bertz CT molecular complexity index is 560. The summed E-state index contributed by atoms with van der Waals surface area (Å²) in [5.41, 5.74) is 3.38. The summed E-state index contributed by atoms with van der Waals surface area (Å²) >= 11 is 0. The summed E-state index contributed by atoms with van der Waals surface area (Å²) in [7, 11) is 0. The maximum Gasteiger partial charge on any atom is 0.0727 e. The molecule has 128 valence electrons. The smallest absolute Gasteiger partial charge is 0.0727 e. The highest BCUT2D eigenvalue weighted by molar-refractivity contribution is 5.31. The predicted molar refractivity (Wildman–Crippen MR) is 92.9 cm³/mol. The lowest BCUT2D eigenvalue weighted by molar-refractivity contribution is -0.0339. The van der Waals surface area contributed by atoms with Gasteiger partial charge in [0.1, 0.15) is 0 Å². The van der Waals surface area contributed by atoms with Crippen LogP contribution in [0, 0.1) is 28.6 Å². The largest absolute Gasteiger partial charge is 0.393 e. The van der Waals surface area contributed by atoms with Crippen molar-refractivity contribution < 1.29 is 10.2 Å². The topological polar surface area (TPSA) is 40.5 Å². The molecule has 2 heteroatoms. The van der Waals surface area contributed by atoms with Crippen molar-refractivity contribution in [2.24, 2.45) is 28.6 Å². The van der Waals surface area contributed by atoms with Crippen LogP contribution in [0.3, 0.4) is 0 Å². The zero-order valence-corrected chi connectivity index (χ0v) is 14.9. The van der Waals surface area contributed by atoms with Gasteiger partial charge in [0.2, 0.25) is 0 Å². The molecule has 2 fully saturated rings. The van der Waals surface area contributed by atoms with Gasteiger partial charge in [0.25, 0.3) is 0 Å². The first-order valence-corrected chi connectivity index (χ1v) is 9.62. The molecule has 2 saturated carbocycles. The molecule has 0 bridgehead atoms. The third-order valence-electron chi connectivity index (χ3n) is 8.17. The highest BCUT2D eigenvalue weighted by Gasteiger charge is 2.56. The van der Waals surface area contributed by atoms with Crippen LogP contribution >= 0.6 is 0 Å². The van der Waals surface area contributed by atoms with E-state index in [0.717, 1.165) is 37.5 Å². The molecule has 23 heavy (non-hydrogen) atoms. The van der Waals surface area contributed by atoms with E-state index in [1.807, 2.05) is 6.92 Å². The van der Waals surface area contributed by atoms with Crippen LogP contribution in [-0.4, -0.2) is 22.4 Å². The number of fused-ring (bicyclic) bond motifs is 5. The number of hydrogen-bond acceptors (Lipinski definition) is 2. The second kappa shape index (κ2) is 5.20. The summed E-state index contributed by atoms with van der Waals surface area (Å²) in [6.45, 7) is 6.82. The van der Waals surface area contributed by atoms with E-state index in [-0.39, 0.29) is 17.6 Å². The first kappa shape index (κ1) is 15.9. The monoisotopic (exact) mass is 316 g/mol. The van der Waals surface area contributed by atoms with E-state index >= 15 is 0 Å². The number of rotatable bonds is 1. The van der Waals surface area contributed by atoms with Gasteiger partial charge in [-0.05, 0) is 86.0 Å². The van der Waals surface area contributed by atoms with Gasteiger partial charge in [-0.2, -0.15) is 0 Å². The standard InChI is InChI=1S/C21H32O2/c1-13(22)17-6-7-18-16-5-4-14-12-15(23)8-10-20(14,2)19(16)9-11-21(17,18)3/h4,6,13,15-16,18-19,22-23H,5,7-12H2,1-3H3/t13-,15+,16-,18-,19-,20-,21+/m0/s1. The van der Waals surface area contributed by atoms with Gasteiger partial charge < -0.3 is 10.2 Å². The molecule has 2 nitrogen and oxygen atoms in total. The average Bonchev–Trinajstić information content (AvgIpc) is 2.85. The molecular formula is C21H32O2. The van der Waals surface area contributed by atoms with Gasteiger partial charge in [0, 0.05) is 0 Å². The summed E-state index contributed by atoms with van der Waals surface area (Å²) in [6, 6.07) is 0. The minimum atomic E-state index is -0.295. The van der Waals surface area contributed by atoms with E-state index in [9.17, 15) is 10.2 Å². The average molecular weight is 316 g/mol. The van der Waals surface area contributed by atoms with Gasteiger partial charge >= 0.3 is 0 Å². The van der Waals surface area contributed by atoms with Crippen molar-refractivity contribution in [1.29, 1.82) is 0 Å². The van der Waals surface area contributed by atoms with Crippen molar-refractivity contribution in [3.63, 3.8) is 0 Å². The van der Waals surface area contributed by atoms with Crippen molar-refractivity contribution in [2.75, 3.05) is 0 Å². The van der Waals surface area contributed by atoms with Crippen LogP contribution in [0.1, 0.15) is 65.7 Å². The van der Waals surface area contributed by atoms with E-state index in [2.05, 4.69) is 26.0 Å². The van der Waals surface area contributed by atoms with Crippen LogP contribution in [0.15, 0.2) is 23.3 Å². The van der Waals surface area contributed by atoms with Gasteiger partial charge in [-0.15, -0.1) is 0 Å². The van der Waals surface area contributed by atoms with Gasteiger partial charge in [0.15, 0.2) is 0 Å². The number of allylic oxidation sites excluding steroid dienone is 2. The van der Waals surface area contributed by atoms with Crippen molar-refractivity contribution in [3.8, 4) is 0 Å². The van der Waals surface area contributed by atoms with E-state index in [0.29, 0.717) is 11.3 Å². The summed E-state index contributed by atoms with van der Waals surface area (Å²) in [4.78, 5) is 0. The fourth-order valence-corrected chi connectivity index (χ4v) is 6.89. The quantitative estimate of drug-likeness (QED) is 0.711. The highest BCUT2D eigenvalue weighted by atomic mass is 16.3. The van der Waals surface area contributed by atoms with Gasteiger partial charge in [0.05, 0.1) is 12.2 Å². The fraction of sp³-hybridized carbons (Fsp3) is 0.810. The normalized spacial score (nSPS) is 50.3. The maximum atomic E-state index is 10.2. The zero-order valence-electron chi connectivity index (χ0n) is 14.9. The molecule has 0 spiro atoms. The van der Waals surface area contributed by atoms with Crippen molar-refractivity contribution in [3.05, 3.63) is 23.3 Å². The lowest BCUT2D eigenvalue weighted by Gasteiger charge is -2.58. The highest BCUT2D eigenvalue weighted by Crippen LogP contribution is 2.65. The van der Waals surface area contributed by atoms with Crippen molar-refractivity contribution >= 4 is 0 Å². The van der Waals surface area contributed by atoms with Gasteiger partial charge in [-0.25, -0.2) is 0 Å². The van der Waals surface area contributed by atoms with E-state index in [1.54, 1.807) is 5.57 Å².